The van der Waals surface area contributed by atoms with Crippen LogP contribution in [0.1, 0.15) is 51.2 Å². The predicted molar refractivity (Wildman–Crippen MR) is 69.9 cm³/mol. The van der Waals surface area contributed by atoms with E-state index < -0.39 is 0 Å². The van der Waals surface area contributed by atoms with Gasteiger partial charge in [0.2, 0.25) is 0 Å². The molecule has 3 heteroatoms. The average Bonchev–Trinajstić information content (AvgIpc) is 2.73. The lowest BCUT2D eigenvalue weighted by atomic mass is 9.98. The number of hydrogen-bond acceptors (Lipinski definition) is 3. The summed E-state index contributed by atoms with van der Waals surface area (Å²) in [6.07, 6.45) is 2.76. The molecule has 16 heavy (non-hydrogen) atoms. The van der Waals surface area contributed by atoms with Crippen LogP contribution >= 0.6 is 11.3 Å². The normalized spacial score (nSPS) is 18.8. The Morgan fingerprint density at radius 1 is 1.44 bits per heavy atom. The SMILES string of the molecule is CC1(CNCc2csc(C(C)(C)C)n2)CC1. The van der Waals surface area contributed by atoms with E-state index in [0.29, 0.717) is 5.41 Å². The number of rotatable bonds is 4. The maximum atomic E-state index is 4.68. The first-order chi connectivity index (χ1) is 7.39. The molecule has 1 N–H and O–H groups in total. The molecule has 1 heterocycles. The number of hydrogen-bond donors (Lipinski definition) is 1. The van der Waals surface area contributed by atoms with E-state index in [0.717, 1.165) is 13.1 Å². The van der Waals surface area contributed by atoms with Gasteiger partial charge in [-0.3, -0.25) is 0 Å². The van der Waals surface area contributed by atoms with Gasteiger partial charge in [0, 0.05) is 23.9 Å². The lowest BCUT2D eigenvalue weighted by molar-refractivity contribution is 0.495. The van der Waals surface area contributed by atoms with E-state index in [9.17, 15) is 0 Å². The Labute approximate surface area is 102 Å². The summed E-state index contributed by atoms with van der Waals surface area (Å²) >= 11 is 1.78. The third kappa shape index (κ3) is 3.05. The van der Waals surface area contributed by atoms with E-state index in [1.54, 1.807) is 11.3 Å². The highest BCUT2D eigenvalue weighted by Gasteiger charge is 2.36. The number of thiazole rings is 1. The molecule has 1 aliphatic carbocycles. The van der Waals surface area contributed by atoms with Crippen molar-refractivity contribution in [1.29, 1.82) is 0 Å². The van der Waals surface area contributed by atoms with Crippen molar-refractivity contribution in [3.05, 3.63) is 16.1 Å². The number of aromatic nitrogens is 1. The highest BCUT2D eigenvalue weighted by molar-refractivity contribution is 7.09. The Morgan fingerprint density at radius 3 is 2.62 bits per heavy atom. The van der Waals surface area contributed by atoms with E-state index >= 15 is 0 Å². The van der Waals surface area contributed by atoms with Gasteiger partial charge in [-0.1, -0.05) is 27.7 Å². The van der Waals surface area contributed by atoms with E-state index in [1.165, 1.54) is 23.5 Å². The summed E-state index contributed by atoms with van der Waals surface area (Å²) in [6.45, 7) is 11.1. The molecule has 0 bridgehead atoms. The van der Waals surface area contributed by atoms with E-state index in [-0.39, 0.29) is 5.41 Å². The molecule has 0 radical (unpaired) electrons. The fourth-order valence-electron chi connectivity index (χ4n) is 1.62. The van der Waals surface area contributed by atoms with Crippen molar-refractivity contribution in [2.75, 3.05) is 6.54 Å². The third-order valence-electron chi connectivity index (χ3n) is 3.15. The van der Waals surface area contributed by atoms with Gasteiger partial charge >= 0.3 is 0 Å². The van der Waals surface area contributed by atoms with Gasteiger partial charge in [-0.25, -0.2) is 4.98 Å². The van der Waals surface area contributed by atoms with Crippen LogP contribution in [0.2, 0.25) is 0 Å². The molecular formula is C13H22N2S. The molecule has 2 rings (SSSR count). The van der Waals surface area contributed by atoms with Gasteiger partial charge in [0.05, 0.1) is 10.7 Å². The average molecular weight is 238 g/mol. The minimum atomic E-state index is 0.186. The molecular weight excluding hydrogens is 216 g/mol. The van der Waals surface area contributed by atoms with E-state index in [4.69, 9.17) is 0 Å². The van der Waals surface area contributed by atoms with Gasteiger partial charge in [-0.2, -0.15) is 0 Å². The van der Waals surface area contributed by atoms with Crippen molar-refractivity contribution < 1.29 is 0 Å². The molecule has 0 unspecified atom stereocenters. The van der Waals surface area contributed by atoms with Crippen LogP contribution < -0.4 is 5.32 Å². The van der Waals surface area contributed by atoms with E-state index in [1.807, 2.05) is 0 Å². The molecule has 0 amide bonds. The smallest absolute Gasteiger partial charge is 0.0982 e. The molecule has 1 fully saturated rings. The molecule has 0 saturated heterocycles. The fraction of sp³-hybridized carbons (Fsp3) is 0.769. The maximum absolute atomic E-state index is 4.68. The number of nitrogens with zero attached hydrogens (tertiary/aromatic N) is 1. The monoisotopic (exact) mass is 238 g/mol. The van der Waals surface area contributed by atoms with Gasteiger partial charge < -0.3 is 5.32 Å². The lowest BCUT2D eigenvalue weighted by Crippen LogP contribution is -2.21. The van der Waals surface area contributed by atoms with E-state index in [2.05, 4.69) is 43.4 Å². The Kier molecular flexibility index (Phi) is 3.10. The summed E-state index contributed by atoms with van der Waals surface area (Å²) in [7, 11) is 0. The molecule has 0 aliphatic heterocycles. The molecule has 90 valence electrons. The molecule has 2 nitrogen and oxygen atoms in total. The highest BCUT2D eigenvalue weighted by Crippen LogP contribution is 2.44. The van der Waals surface area contributed by atoms with Crippen molar-refractivity contribution in [1.82, 2.24) is 10.3 Å². The molecule has 1 saturated carbocycles. The first kappa shape index (κ1) is 12.1. The van der Waals surface area contributed by atoms with Crippen LogP contribution in [0.5, 0.6) is 0 Å². The Morgan fingerprint density at radius 2 is 2.12 bits per heavy atom. The van der Waals surface area contributed by atoms with Crippen molar-refractivity contribution in [2.24, 2.45) is 5.41 Å². The van der Waals surface area contributed by atoms with Crippen LogP contribution in [0.15, 0.2) is 5.38 Å². The molecule has 1 aromatic rings. The lowest BCUT2D eigenvalue weighted by Gasteiger charge is -2.13. The first-order valence-electron chi connectivity index (χ1n) is 6.05. The summed E-state index contributed by atoms with van der Waals surface area (Å²) in [6, 6.07) is 0. The van der Waals surface area contributed by atoms with Crippen molar-refractivity contribution >= 4 is 11.3 Å². The van der Waals surface area contributed by atoms with Crippen LogP contribution in [0.4, 0.5) is 0 Å². The van der Waals surface area contributed by atoms with Crippen LogP contribution in [-0.2, 0) is 12.0 Å². The minimum Gasteiger partial charge on any atom is -0.311 e. The summed E-state index contributed by atoms with van der Waals surface area (Å²) in [5, 5.41) is 6.93. The summed E-state index contributed by atoms with van der Waals surface area (Å²) in [4.78, 5) is 4.68. The summed E-state index contributed by atoms with van der Waals surface area (Å²) in [5.74, 6) is 0. The van der Waals surface area contributed by atoms with Gasteiger partial charge in [0.15, 0.2) is 0 Å². The molecule has 1 aliphatic rings. The summed E-state index contributed by atoms with van der Waals surface area (Å²) < 4.78 is 0. The Hall–Kier alpha value is -0.410. The molecule has 0 atom stereocenters. The molecule has 0 spiro atoms. The van der Waals surface area contributed by atoms with Crippen LogP contribution in [0.25, 0.3) is 0 Å². The predicted octanol–water partition coefficient (Wildman–Crippen LogP) is 3.33. The molecule has 1 aromatic heterocycles. The second-order valence-corrected chi connectivity index (χ2v) is 7.17. The maximum Gasteiger partial charge on any atom is 0.0982 e. The highest BCUT2D eigenvalue weighted by atomic mass is 32.1. The minimum absolute atomic E-state index is 0.186. The third-order valence-corrected chi connectivity index (χ3v) is 4.47. The van der Waals surface area contributed by atoms with Crippen LogP contribution in [0, 0.1) is 5.41 Å². The zero-order chi connectivity index (χ0) is 11.8. The van der Waals surface area contributed by atoms with Gasteiger partial charge in [0.1, 0.15) is 0 Å². The Bertz CT molecular complexity index is 358. The van der Waals surface area contributed by atoms with Crippen LogP contribution in [0.3, 0.4) is 0 Å². The Balaban J connectivity index is 1.83. The van der Waals surface area contributed by atoms with Crippen molar-refractivity contribution in [3.8, 4) is 0 Å². The largest absolute Gasteiger partial charge is 0.311 e. The van der Waals surface area contributed by atoms with Gasteiger partial charge in [0.25, 0.3) is 0 Å². The van der Waals surface area contributed by atoms with Crippen molar-refractivity contribution in [2.45, 2.75) is 52.5 Å². The second-order valence-electron chi connectivity index (χ2n) is 6.31. The number of nitrogens with one attached hydrogen (secondary N) is 1. The molecule has 0 aromatic carbocycles. The quantitative estimate of drug-likeness (QED) is 0.870. The second kappa shape index (κ2) is 4.11. The van der Waals surface area contributed by atoms with Crippen LogP contribution in [-0.4, -0.2) is 11.5 Å². The first-order valence-corrected chi connectivity index (χ1v) is 6.93. The topological polar surface area (TPSA) is 24.9 Å². The zero-order valence-corrected chi connectivity index (χ0v) is 11.6. The zero-order valence-electron chi connectivity index (χ0n) is 10.8. The standard InChI is InChI=1S/C13H22N2S/c1-12(2,3)11-15-10(8-16-11)7-14-9-13(4)5-6-13/h8,14H,5-7,9H2,1-4H3. The summed E-state index contributed by atoms with van der Waals surface area (Å²) in [5.41, 5.74) is 1.97. The van der Waals surface area contributed by atoms with Crippen molar-refractivity contribution in [3.63, 3.8) is 0 Å². The van der Waals surface area contributed by atoms with Gasteiger partial charge in [-0.15, -0.1) is 11.3 Å². The van der Waals surface area contributed by atoms with Gasteiger partial charge in [-0.05, 0) is 18.3 Å². The fourth-order valence-corrected chi connectivity index (χ4v) is 2.52.